The average Bonchev–Trinajstić information content (AvgIpc) is 4.12. The molecule has 0 saturated heterocycles. The quantitative estimate of drug-likeness (QED) is 0.0431. The Balaban J connectivity index is 0.000000172. The third-order valence-electron chi connectivity index (χ3n) is 9.34. The van der Waals surface area contributed by atoms with Crippen molar-refractivity contribution in [3.8, 4) is 28.1 Å². The number of nitrogens with zero attached hydrogens (tertiary/aromatic N) is 9. The lowest BCUT2D eigenvalue weighted by atomic mass is 10.1. The second-order valence-corrected chi connectivity index (χ2v) is 15.0. The minimum Gasteiger partial charge on any atom is -0.378 e. The average molecular weight is 952 g/mol. The van der Waals surface area contributed by atoms with Gasteiger partial charge in [-0.05, 0) is 78.4 Å². The number of hydrogen-bond acceptors (Lipinski definition) is 14. The number of anilines is 2. The Morgan fingerprint density at radius 1 is 0.797 bits per heavy atom. The number of aromatic nitrogens is 8. The van der Waals surface area contributed by atoms with Crippen LogP contribution in [0.1, 0.15) is 55.8 Å². The number of H-pyrrole nitrogens is 1. The molecule has 6 aromatic heterocycles. The van der Waals surface area contributed by atoms with Crippen LogP contribution in [0, 0.1) is 20.2 Å². The number of urea groups is 2. The fourth-order valence-electron chi connectivity index (χ4n) is 5.80. The van der Waals surface area contributed by atoms with E-state index in [0.29, 0.717) is 38.7 Å². The number of rotatable bonds is 11. The summed E-state index contributed by atoms with van der Waals surface area (Å²) in [6.07, 6.45) is 10.9. The van der Waals surface area contributed by atoms with Crippen LogP contribution in [0.15, 0.2) is 90.6 Å². The number of carbonyl (C=O) groups is 2. The Bertz CT molecular complexity index is 2590. The number of hydrogen-bond donors (Lipinski definition) is 7. The van der Waals surface area contributed by atoms with Crippen molar-refractivity contribution in [2.75, 3.05) is 11.5 Å². The topological polar surface area (TPSA) is 319 Å². The predicted octanol–water partition coefficient (Wildman–Crippen LogP) is 6.21. The summed E-state index contributed by atoms with van der Waals surface area (Å²) in [7, 11) is 0. The van der Waals surface area contributed by atoms with Crippen molar-refractivity contribution in [1.29, 1.82) is 0 Å². The van der Waals surface area contributed by atoms with Crippen LogP contribution in [0.5, 0.6) is 0 Å². The Kier molecular flexibility index (Phi) is 14.3. The molecule has 2 unspecified atom stereocenters. The molecule has 0 radical (unpaired) electrons. The van der Waals surface area contributed by atoms with E-state index in [-0.39, 0.29) is 46.7 Å². The van der Waals surface area contributed by atoms with Crippen LogP contribution >= 0.6 is 15.9 Å². The maximum atomic E-state index is 12.9. The fourth-order valence-corrected chi connectivity index (χ4v) is 6.03. The predicted molar refractivity (Wildman–Crippen MR) is 227 cm³/mol. The minimum absolute atomic E-state index is 0.00285. The van der Waals surface area contributed by atoms with Crippen LogP contribution in [0.25, 0.3) is 28.1 Å². The lowest BCUT2D eigenvalue weighted by Gasteiger charge is -2.22. The Labute approximate surface area is 368 Å². The number of amides is 4. The number of nitrogens with two attached hydrogens (primary N) is 2. The standard InChI is InChI=1S/C19H20N8O3.C11H11BrF3N3O.C8H7N5O2/c1-11(24-19(28)25-14-3-4-14)12-2-5-16(22-8-12)26-10-13(9-23-26)15-6-7-21-18(20)17(15)27(29)30;12-8-4-1-6(5-16-8)9(11(13,14)15)18-10(19)17-7-2-3-7;9-8-7(13(14)15)6(1-2-10-8)5-3-11-12-4-5/h2,5-11,14H,3-4H2,1H3,(H2,20,21)(H2,24,25,28);1,4-5,7,9H,2-3H2,(H2,17,18,19);1-4H,(H2,9,10)(H,11,12). The van der Waals surface area contributed by atoms with Crippen molar-refractivity contribution in [1.82, 2.24) is 61.2 Å². The first-order chi connectivity index (χ1) is 30.5. The van der Waals surface area contributed by atoms with Gasteiger partial charge in [0.2, 0.25) is 11.6 Å². The van der Waals surface area contributed by atoms with E-state index in [9.17, 15) is 43.0 Å². The number of pyridine rings is 4. The first-order valence-corrected chi connectivity index (χ1v) is 19.9. The normalized spacial score (nSPS) is 14.0. The largest absolute Gasteiger partial charge is 0.412 e. The lowest BCUT2D eigenvalue weighted by Crippen LogP contribution is -2.44. The van der Waals surface area contributed by atoms with E-state index in [1.807, 2.05) is 18.3 Å². The number of carbonyl (C=O) groups excluding carboxylic acids is 2. The summed E-state index contributed by atoms with van der Waals surface area (Å²) in [5, 5.41) is 42.8. The van der Waals surface area contributed by atoms with E-state index >= 15 is 0 Å². The molecule has 2 fully saturated rings. The van der Waals surface area contributed by atoms with Gasteiger partial charge in [0.05, 0.1) is 39.4 Å². The highest BCUT2D eigenvalue weighted by Gasteiger charge is 2.42. The molecule has 8 rings (SSSR count). The van der Waals surface area contributed by atoms with Gasteiger partial charge >= 0.3 is 29.6 Å². The first-order valence-electron chi connectivity index (χ1n) is 19.1. The molecule has 2 atom stereocenters. The molecule has 0 aliphatic heterocycles. The third kappa shape index (κ3) is 12.2. The zero-order valence-electron chi connectivity index (χ0n) is 33.4. The van der Waals surface area contributed by atoms with Crippen LogP contribution < -0.4 is 32.7 Å². The number of nitro groups is 2. The van der Waals surface area contributed by atoms with Crippen molar-refractivity contribution in [2.24, 2.45) is 0 Å². The first kappa shape index (κ1) is 45.7. The summed E-state index contributed by atoms with van der Waals surface area (Å²) in [6.45, 7) is 1.88. The monoisotopic (exact) mass is 950 g/mol. The van der Waals surface area contributed by atoms with Crippen molar-refractivity contribution >= 4 is 51.0 Å². The number of alkyl halides is 3. The number of nitrogens with one attached hydrogen (secondary N) is 5. The lowest BCUT2D eigenvalue weighted by molar-refractivity contribution is -0.383. The molecular weight excluding hydrogens is 913 g/mol. The number of halogens is 4. The van der Waals surface area contributed by atoms with Crippen molar-refractivity contribution < 1.29 is 32.6 Å². The van der Waals surface area contributed by atoms with Gasteiger partial charge in [-0.1, -0.05) is 12.1 Å². The highest BCUT2D eigenvalue weighted by Crippen LogP contribution is 2.35. The summed E-state index contributed by atoms with van der Waals surface area (Å²) >= 11 is 3.04. The van der Waals surface area contributed by atoms with Gasteiger partial charge in [0, 0.05) is 66.0 Å². The van der Waals surface area contributed by atoms with Crippen LogP contribution in [0.4, 0.5) is 45.8 Å². The van der Waals surface area contributed by atoms with Gasteiger partial charge in [-0.25, -0.2) is 34.2 Å². The van der Waals surface area contributed by atoms with Crippen LogP contribution in [0.2, 0.25) is 0 Å². The van der Waals surface area contributed by atoms with Gasteiger partial charge in [-0.3, -0.25) is 25.3 Å². The number of nitrogen functional groups attached to an aromatic ring is 2. The molecule has 0 spiro atoms. The summed E-state index contributed by atoms with van der Waals surface area (Å²) in [4.78, 5) is 59.9. The molecule has 26 heteroatoms. The van der Waals surface area contributed by atoms with Crippen molar-refractivity contribution in [3.63, 3.8) is 0 Å². The van der Waals surface area contributed by atoms with Crippen LogP contribution in [0.3, 0.4) is 0 Å². The molecule has 334 valence electrons. The Morgan fingerprint density at radius 2 is 1.36 bits per heavy atom. The second kappa shape index (κ2) is 20.0. The molecule has 64 heavy (non-hydrogen) atoms. The van der Waals surface area contributed by atoms with Gasteiger partial charge in [-0.2, -0.15) is 23.4 Å². The van der Waals surface area contributed by atoms with E-state index in [2.05, 4.69) is 67.1 Å². The SMILES string of the molecule is CC(NC(=O)NC1CC1)c1ccc(-n2cc(-c3ccnc(N)c3[N+](=O)[O-])cn2)nc1.Nc1nccc(-c2cn[nH]c2)c1[N+](=O)[O-].O=C(NC1CC1)NC(c1ccc(Br)nc1)C(F)(F)F. The second-order valence-electron chi connectivity index (χ2n) is 14.2. The summed E-state index contributed by atoms with van der Waals surface area (Å²) < 4.78 is 40.8. The fraction of sp³-hybridized carbons (Fsp3) is 0.263. The zero-order chi connectivity index (χ0) is 46.1. The smallest absolute Gasteiger partial charge is 0.378 e. The van der Waals surface area contributed by atoms with Crippen molar-refractivity contribution in [2.45, 2.75) is 63.0 Å². The highest BCUT2D eigenvalue weighted by molar-refractivity contribution is 9.10. The molecule has 22 nitrogen and oxygen atoms in total. The van der Waals surface area contributed by atoms with E-state index in [1.54, 1.807) is 24.7 Å². The zero-order valence-corrected chi connectivity index (χ0v) is 34.9. The molecule has 2 saturated carbocycles. The van der Waals surface area contributed by atoms with Gasteiger partial charge in [0.15, 0.2) is 11.9 Å². The Hall–Kier alpha value is -7.77. The molecule has 4 amide bonds. The van der Waals surface area contributed by atoms with Gasteiger partial charge < -0.3 is 32.7 Å². The summed E-state index contributed by atoms with van der Waals surface area (Å²) in [5.74, 6) is 0.281. The third-order valence-corrected chi connectivity index (χ3v) is 9.81. The Morgan fingerprint density at radius 3 is 1.84 bits per heavy atom. The molecule has 9 N–H and O–H groups in total. The molecule has 0 bridgehead atoms. The van der Waals surface area contributed by atoms with Crippen molar-refractivity contribution in [3.05, 3.63) is 122 Å². The van der Waals surface area contributed by atoms with E-state index in [0.717, 1.165) is 37.4 Å². The molecule has 2 aliphatic rings. The maximum Gasteiger partial charge on any atom is 0.412 e. The molecule has 6 heterocycles. The van der Waals surface area contributed by atoms with Crippen LogP contribution in [-0.2, 0) is 0 Å². The molecule has 6 aromatic rings. The maximum absolute atomic E-state index is 12.9. The molecular formula is C38H38BrF3N16O6. The van der Waals surface area contributed by atoms with Gasteiger partial charge in [0.1, 0.15) is 4.60 Å². The number of aromatic amines is 1. The molecule has 0 aromatic carbocycles. The van der Waals surface area contributed by atoms with E-state index in [1.165, 1.54) is 53.7 Å². The summed E-state index contributed by atoms with van der Waals surface area (Å²) in [5.41, 5.74) is 13.2. The highest BCUT2D eigenvalue weighted by atomic mass is 79.9. The van der Waals surface area contributed by atoms with Crippen LogP contribution in [-0.4, -0.2) is 80.1 Å². The van der Waals surface area contributed by atoms with Gasteiger partial charge in [0.25, 0.3) is 0 Å². The molecule has 2 aliphatic carbocycles. The minimum atomic E-state index is -4.57. The summed E-state index contributed by atoms with van der Waals surface area (Å²) in [6, 6.07) is 6.34. The van der Waals surface area contributed by atoms with Gasteiger partial charge in [-0.15, -0.1) is 0 Å². The van der Waals surface area contributed by atoms with E-state index < -0.39 is 28.1 Å². The van der Waals surface area contributed by atoms with E-state index in [4.69, 9.17) is 11.5 Å².